The number of halogens is 2. The topological polar surface area (TPSA) is 35.2 Å². The summed E-state index contributed by atoms with van der Waals surface area (Å²) in [7, 11) is 0. The van der Waals surface area contributed by atoms with Gasteiger partial charge in [0, 0.05) is 23.1 Å². The minimum Gasteiger partial charge on any atom is -0.491 e. The second-order valence-electron chi connectivity index (χ2n) is 2.82. The van der Waals surface area contributed by atoms with Gasteiger partial charge in [-0.25, -0.2) is 0 Å². The van der Waals surface area contributed by atoms with Crippen LogP contribution in [0, 0.1) is 0 Å². The second-order valence-corrected chi connectivity index (χ2v) is 4.89. The first kappa shape index (κ1) is 13.0. The maximum absolute atomic E-state index is 5.93. The molecule has 0 saturated heterocycles. The number of benzene rings is 1. The molecule has 0 atom stereocenters. The van der Waals surface area contributed by atoms with E-state index >= 15 is 0 Å². The molecule has 84 valence electrons. The molecule has 0 saturated carbocycles. The number of hydrogen-bond acceptors (Lipinski definition) is 3. The van der Waals surface area contributed by atoms with Crippen molar-refractivity contribution < 1.29 is 4.74 Å². The molecule has 2 nitrogen and oxygen atoms in total. The third-order valence-corrected chi connectivity index (χ3v) is 3.15. The van der Waals surface area contributed by atoms with Crippen LogP contribution in [-0.4, -0.2) is 24.7 Å². The minimum absolute atomic E-state index is 0.548. The molecule has 5 heteroatoms. The predicted molar refractivity (Wildman–Crippen MR) is 68.3 cm³/mol. The maximum atomic E-state index is 5.93. The Hall–Kier alpha value is -0.0900. The minimum atomic E-state index is 0.548. The fraction of sp³-hybridized carbons (Fsp3) is 0.400. The van der Waals surface area contributed by atoms with Crippen LogP contribution < -0.4 is 10.5 Å². The van der Waals surface area contributed by atoms with Crippen LogP contribution in [0.2, 0.25) is 10.0 Å². The molecule has 15 heavy (non-hydrogen) atoms. The van der Waals surface area contributed by atoms with E-state index in [0.717, 1.165) is 11.5 Å². The molecule has 0 unspecified atom stereocenters. The van der Waals surface area contributed by atoms with Crippen LogP contribution in [0.15, 0.2) is 18.2 Å². The molecular formula is C10H13Cl2NOS. The van der Waals surface area contributed by atoms with Crippen LogP contribution in [0.25, 0.3) is 0 Å². The highest BCUT2D eigenvalue weighted by Gasteiger charge is 2.01. The summed E-state index contributed by atoms with van der Waals surface area (Å²) in [6, 6.07) is 5.21. The first-order valence-electron chi connectivity index (χ1n) is 4.59. The smallest absolute Gasteiger partial charge is 0.138 e. The zero-order chi connectivity index (χ0) is 11.1. The Balaban J connectivity index is 2.31. The Morgan fingerprint density at radius 3 is 2.73 bits per heavy atom. The average molecular weight is 266 g/mol. The number of hydrogen-bond donors (Lipinski definition) is 1. The maximum Gasteiger partial charge on any atom is 0.138 e. The molecule has 0 aromatic heterocycles. The van der Waals surface area contributed by atoms with E-state index in [1.807, 2.05) is 0 Å². The number of rotatable bonds is 6. The lowest BCUT2D eigenvalue weighted by molar-refractivity contribution is 0.344. The molecular weight excluding hydrogens is 253 g/mol. The van der Waals surface area contributed by atoms with Crippen molar-refractivity contribution in [1.29, 1.82) is 0 Å². The van der Waals surface area contributed by atoms with Crippen molar-refractivity contribution in [2.24, 2.45) is 5.73 Å². The van der Waals surface area contributed by atoms with E-state index in [4.69, 9.17) is 33.7 Å². The monoisotopic (exact) mass is 265 g/mol. The van der Waals surface area contributed by atoms with Crippen molar-refractivity contribution in [1.82, 2.24) is 0 Å². The fourth-order valence-corrected chi connectivity index (χ4v) is 2.02. The van der Waals surface area contributed by atoms with Crippen LogP contribution in [0.1, 0.15) is 0 Å². The van der Waals surface area contributed by atoms with E-state index in [9.17, 15) is 0 Å². The van der Waals surface area contributed by atoms with Crippen LogP contribution in [-0.2, 0) is 0 Å². The fourth-order valence-electron chi connectivity index (χ4n) is 0.988. The summed E-state index contributed by atoms with van der Waals surface area (Å²) < 4.78 is 5.49. The lowest BCUT2D eigenvalue weighted by atomic mass is 10.3. The van der Waals surface area contributed by atoms with Crippen molar-refractivity contribution in [3.63, 3.8) is 0 Å². The van der Waals surface area contributed by atoms with Gasteiger partial charge < -0.3 is 10.5 Å². The quantitative estimate of drug-likeness (QED) is 0.804. The first-order valence-corrected chi connectivity index (χ1v) is 6.51. The first-order chi connectivity index (χ1) is 7.24. The van der Waals surface area contributed by atoms with Gasteiger partial charge in [0.25, 0.3) is 0 Å². The molecule has 0 radical (unpaired) electrons. The largest absolute Gasteiger partial charge is 0.491 e. The molecule has 0 amide bonds. The third kappa shape index (κ3) is 4.98. The van der Waals surface area contributed by atoms with Gasteiger partial charge in [-0.1, -0.05) is 23.2 Å². The van der Waals surface area contributed by atoms with Gasteiger partial charge in [-0.3, -0.25) is 0 Å². The van der Waals surface area contributed by atoms with Gasteiger partial charge in [0.2, 0.25) is 0 Å². The van der Waals surface area contributed by atoms with Gasteiger partial charge in [0.1, 0.15) is 5.75 Å². The van der Waals surface area contributed by atoms with Crippen molar-refractivity contribution in [2.75, 3.05) is 24.7 Å². The van der Waals surface area contributed by atoms with Gasteiger partial charge >= 0.3 is 0 Å². The molecule has 0 heterocycles. The normalized spacial score (nSPS) is 10.3. The summed E-state index contributed by atoms with van der Waals surface area (Å²) >= 11 is 13.5. The molecule has 1 aromatic carbocycles. The van der Waals surface area contributed by atoms with Gasteiger partial charge in [0.05, 0.1) is 11.6 Å². The van der Waals surface area contributed by atoms with Crippen molar-refractivity contribution >= 4 is 35.0 Å². The molecule has 0 aliphatic rings. The molecule has 0 aliphatic heterocycles. The van der Waals surface area contributed by atoms with Crippen molar-refractivity contribution in [3.8, 4) is 5.75 Å². The summed E-state index contributed by atoms with van der Waals surface area (Å²) in [5, 5.41) is 1.16. The number of thioether (sulfide) groups is 1. The van der Waals surface area contributed by atoms with Gasteiger partial charge in [-0.2, -0.15) is 11.8 Å². The standard InChI is InChI=1S/C10H13Cl2NOS/c11-8-1-2-10(9(12)7-8)14-4-6-15-5-3-13/h1-2,7H,3-6,13H2. The molecule has 2 N–H and O–H groups in total. The predicted octanol–water partition coefficient (Wildman–Crippen LogP) is 3.06. The molecule has 0 aliphatic carbocycles. The summed E-state index contributed by atoms with van der Waals surface area (Å²) in [6.45, 7) is 1.33. The zero-order valence-corrected chi connectivity index (χ0v) is 10.5. The highest BCUT2D eigenvalue weighted by Crippen LogP contribution is 2.27. The molecule has 1 aromatic rings. The van der Waals surface area contributed by atoms with E-state index in [2.05, 4.69) is 0 Å². The summed E-state index contributed by atoms with van der Waals surface area (Å²) in [6.07, 6.45) is 0. The lowest BCUT2D eigenvalue weighted by Crippen LogP contribution is -2.05. The highest BCUT2D eigenvalue weighted by molar-refractivity contribution is 7.99. The van der Waals surface area contributed by atoms with Gasteiger partial charge in [-0.15, -0.1) is 0 Å². The Morgan fingerprint density at radius 2 is 2.07 bits per heavy atom. The summed E-state index contributed by atoms with van der Waals surface area (Å²) in [4.78, 5) is 0. The van der Waals surface area contributed by atoms with E-state index < -0.39 is 0 Å². The van der Waals surface area contributed by atoms with E-state index in [1.54, 1.807) is 30.0 Å². The second kappa shape index (κ2) is 7.23. The Bertz CT molecular complexity index is 309. The van der Waals surface area contributed by atoms with E-state index in [1.165, 1.54) is 0 Å². The van der Waals surface area contributed by atoms with Crippen LogP contribution in [0.5, 0.6) is 5.75 Å². The summed E-state index contributed by atoms with van der Waals surface area (Å²) in [5.41, 5.74) is 5.37. The van der Waals surface area contributed by atoms with Crippen molar-refractivity contribution in [3.05, 3.63) is 28.2 Å². The third-order valence-electron chi connectivity index (χ3n) is 1.64. The van der Waals surface area contributed by atoms with Crippen LogP contribution in [0.4, 0.5) is 0 Å². The summed E-state index contributed by atoms with van der Waals surface area (Å²) in [5.74, 6) is 2.54. The number of nitrogens with two attached hydrogens (primary N) is 1. The zero-order valence-electron chi connectivity index (χ0n) is 8.21. The average Bonchev–Trinajstić information content (AvgIpc) is 2.20. The Labute approximate surface area is 104 Å². The van der Waals surface area contributed by atoms with E-state index in [0.29, 0.717) is 28.9 Å². The van der Waals surface area contributed by atoms with Crippen molar-refractivity contribution in [2.45, 2.75) is 0 Å². The lowest BCUT2D eigenvalue weighted by Gasteiger charge is -2.07. The van der Waals surface area contributed by atoms with Crippen LogP contribution in [0.3, 0.4) is 0 Å². The Kier molecular flexibility index (Phi) is 6.25. The molecule has 0 spiro atoms. The molecule has 1 rings (SSSR count). The SMILES string of the molecule is NCCSCCOc1ccc(Cl)cc1Cl. The van der Waals surface area contributed by atoms with Gasteiger partial charge in [0.15, 0.2) is 0 Å². The molecule has 0 bridgehead atoms. The van der Waals surface area contributed by atoms with Crippen LogP contribution >= 0.6 is 35.0 Å². The number of ether oxygens (including phenoxy) is 1. The van der Waals surface area contributed by atoms with Gasteiger partial charge in [-0.05, 0) is 18.2 Å². The molecule has 0 fully saturated rings. The Morgan fingerprint density at radius 1 is 1.27 bits per heavy atom. The highest BCUT2D eigenvalue weighted by atomic mass is 35.5. The van der Waals surface area contributed by atoms with E-state index in [-0.39, 0.29) is 0 Å².